The standard InChI is InChI=1S/C23H21N7O3S2/c1-16-8-10-19(11-9-16)35(32,33)15-20-27-28-23(30(20)18-6-4-3-5-7-18)34-14-21(31)26-22-17(12-24)13-25-29(22)2/h3-11,13H,14-15H2,1-2H3,(H,26,31). The van der Waals surface area contributed by atoms with Crippen molar-refractivity contribution in [3.05, 3.63) is 77.7 Å². The van der Waals surface area contributed by atoms with Crippen LogP contribution < -0.4 is 5.32 Å². The van der Waals surface area contributed by atoms with Crippen LogP contribution in [0.15, 0.2) is 70.8 Å². The summed E-state index contributed by atoms with van der Waals surface area (Å²) in [5.74, 6) is -0.228. The molecule has 1 N–H and O–H groups in total. The maximum absolute atomic E-state index is 13.1. The van der Waals surface area contributed by atoms with Gasteiger partial charge < -0.3 is 5.32 Å². The lowest BCUT2D eigenvalue weighted by molar-refractivity contribution is -0.113. The van der Waals surface area contributed by atoms with E-state index >= 15 is 0 Å². The third kappa shape index (κ3) is 5.42. The van der Waals surface area contributed by atoms with Crippen molar-refractivity contribution >= 4 is 33.3 Å². The lowest BCUT2D eigenvalue weighted by Gasteiger charge is -2.11. The van der Waals surface area contributed by atoms with Gasteiger partial charge in [0.1, 0.15) is 23.2 Å². The second kappa shape index (κ2) is 10.1. The number of nitriles is 1. The van der Waals surface area contributed by atoms with Crippen molar-refractivity contribution in [3.63, 3.8) is 0 Å². The van der Waals surface area contributed by atoms with Crippen LogP contribution >= 0.6 is 11.8 Å². The van der Waals surface area contributed by atoms with Crippen molar-refractivity contribution in [1.82, 2.24) is 24.5 Å². The van der Waals surface area contributed by atoms with Gasteiger partial charge in [-0.2, -0.15) is 10.4 Å². The molecule has 0 fully saturated rings. The summed E-state index contributed by atoms with van der Waals surface area (Å²) >= 11 is 1.11. The summed E-state index contributed by atoms with van der Waals surface area (Å²) in [6.07, 6.45) is 1.37. The summed E-state index contributed by atoms with van der Waals surface area (Å²) in [6.45, 7) is 1.89. The molecule has 0 spiro atoms. The van der Waals surface area contributed by atoms with Crippen LogP contribution in [0.4, 0.5) is 5.82 Å². The minimum atomic E-state index is -3.68. The quantitative estimate of drug-likeness (QED) is 0.360. The molecule has 2 heterocycles. The average molecular weight is 508 g/mol. The Morgan fingerprint density at radius 1 is 1.11 bits per heavy atom. The second-order valence-corrected chi connectivity index (χ2v) is 10.6. The highest BCUT2D eigenvalue weighted by Gasteiger charge is 2.23. The molecular formula is C23H21N7O3S2. The molecule has 0 aliphatic heterocycles. The number of nitrogens with one attached hydrogen (secondary N) is 1. The first-order valence-electron chi connectivity index (χ1n) is 10.4. The smallest absolute Gasteiger partial charge is 0.236 e. The van der Waals surface area contributed by atoms with Crippen LogP contribution in [-0.4, -0.2) is 44.6 Å². The molecule has 4 rings (SSSR count). The third-order valence-corrected chi connectivity index (χ3v) is 7.62. The molecule has 10 nitrogen and oxygen atoms in total. The van der Waals surface area contributed by atoms with Gasteiger partial charge in [-0.1, -0.05) is 47.7 Å². The van der Waals surface area contributed by atoms with Crippen LogP contribution in [0.3, 0.4) is 0 Å². The van der Waals surface area contributed by atoms with Gasteiger partial charge in [-0.05, 0) is 31.2 Å². The van der Waals surface area contributed by atoms with E-state index in [2.05, 4.69) is 20.6 Å². The lowest BCUT2D eigenvalue weighted by atomic mass is 10.2. The van der Waals surface area contributed by atoms with Crippen LogP contribution in [0.2, 0.25) is 0 Å². The summed E-state index contributed by atoms with van der Waals surface area (Å²) in [6, 6.07) is 17.7. The number of carbonyl (C=O) groups is 1. The van der Waals surface area contributed by atoms with E-state index < -0.39 is 9.84 Å². The molecule has 0 aliphatic rings. The molecule has 2 aromatic heterocycles. The fourth-order valence-electron chi connectivity index (χ4n) is 3.29. The number of para-hydroxylation sites is 1. The van der Waals surface area contributed by atoms with Crippen LogP contribution in [0.5, 0.6) is 0 Å². The maximum atomic E-state index is 13.1. The molecule has 0 unspecified atom stereocenters. The fraction of sp³-hybridized carbons (Fsp3) is 0.174. The number of nitrogens with zero attached hydrogens (tertiary/aromatic N) is 6. The van der Waals surface area contributed by atoms with E-state index in [-0.39, 0.29) is 33.7 Å². The number of hydrogen-bond acceptors (Lipinski definition) is 8. The molecule has 0 radical (unpaired) electrons. The zero-order valence-electron chi connectivity index (χ0n) is 18.9. The summed E-state index contributed by atoms with van der Waals surface area (Å²) in [5, 5.41) is 24.5. The molecule has 4 aromatic rings. The largest absolute Gasteiger partial charge is 0.309 e. The molecule has 1 amide bonds. The number of thioether (sulfide) groups is 1. The number of amides is 1. The van der Waals surface area contributed by atoms with Crippen LogP contribution in [0, 0.1) is 18.3 Å². The van der Waals surface area contributed by atoms with E-state index in [0.29, 0.717) is 16.7 Å². The number of aromatic nitrogens is 5. The predicted molar refractivity (Wildman–Crippen MR) is 131 cm³/mol. The van der Waals surface area contributed by atoms with Gasteiger partial charge >= 0.3 is 0 Å². The predicted octanol–water partition coefficient (Wildman–Crippen LogP) is 2.89. The normalized spacial score (nSPS) is 11.2. The number of sulfone groups is 1. The molecule has 0 atom stereocenters. The minimum absolute atomic E-state index is 0.0360. The molecule has 35 heavy (non-hydrogen) atoms. The SMILES string of the molecule is Cc1ccc(S(=O)(=O)Cc2nnc(SCC(=O)Nc3c(C#N)cnn3C)n2-c2ccccc2)cc1. The van der Waals surface area contributed by atoms with Crippen LogP contribution in [0.25, 0.3) is 5.69 Å². The van der Waals surface area contributed by atoms with Crippen molar-refractivity contribution < 1.29 is 13.2 Å². The zero-order chi connectivity index (χ0) is 25.0. The van der Waals surface area contributed by atoms with Gasteiger partial charge in [0.25, 0.3) is 0 Å². The topological polar surface area (TPSA) is 136 Å². The van der Waals surface area contributed by atoms with Gasteiger partial charge in [0.15, 0.2) is 20.8 Å². The number of carbonyl (C=O) groups excluding carboxylic acids is 1. The van der Waals surface area contributed by atoms with E-state index in [9.17, 15) is 18.5 Å². The third-order valence-electron chi connectivity index (χ3n) is 5.06. The lowest BCUT2D eigenvalue weighted by Crippen LogP contribution is -2.17. The van der Waals surface area contributed by atoms with Crippen molar-refractivity contribution in [2.75, 3.05) is 11.1 Å². The first-order valence-corrected chi connectivity index (χ1v) is 13.1. The van der Waals surface area contributed by atoms with Gasteiger partial charge in [0.05, 0.1) is 16.8 Å². The Hall–Kier alpha value is -3.95. The molecule has 178 valence electrons. The van der Waals surface area contributed by atoms with Crippen molar-refractivity contribution in [1.29, 1.82) is 5.26 Å². The molecular weight excluding hydrogens is 486 g/mol. The summed E-state index contributed by atoms with van der Waals surface area (Å²) in [4.78, 5) is 12.8. The van der Waals surface area contributed by atoms with E-state index in [1.165, 1.54) is 10.9 Å². The summed E-state index contributed by atoms with van der Waals surface area (Å²) in [5.41, 5.74) is 1.89. The van der Waals surface area contributed by atoms with Gasteiger partial charge in [0, 0.05) is 12.7 Å². The monoisotopic (exact) mass is 507 g/mol. The molecule has 0 saturated carbocycles. The molecule has 2 aromatic carbocycles. The Morgan fingerprint density at radius 2 is 1.83 bits per heavy atom. The number of benzene rings is 2. The summed E-state index contributed by atoms with van der Waals surface area (Å²) in [7, 11) is -2.06. The van der Waals surface area contributed by atoms with Gasteiger partial charge in [-0.25, -0.2) is 8.42 Å². The first kappa shape index (κ1) is 24.2. The number of anilines is 1. The minimum Gasteiger partial charge on any atom is -0.309 e. The Kier molecular flexibility index (Phi) is 6.99. The van der Waals surface area contributed by atoms with Crippen molar-refractivity contribution in [3.8, 4) is 11.8 Å². The van der Waals surface area contributed by atoms with Gasteiger partial charge in [0.2, 0.25) is 5.91 Å². The average Bonchev–Trinajstić information content (AvgIpc) is 3.40. The second-order valence-electron chi connectivity index (χ2n) is 7.62. The Balaban J connectivity index is 1.59. The Labute approximate surface area is 206 Å². The highest BCUT2D eigenvalue weighted by Crippen LogP contribution is 2.25. The van der Waals surface area contributed by atoms with Gasteiger partial charge in [-0.3, -0.25) is 14.0 Å². The molecule has 0 saturated heterocycles. The fourth-order valence-corrected chi connectivity index (χ4v) is 5.30. The maximum Gasteiger partial charge on any atom is 0.236 e. The van der Waals surface area contributed by atoms with E-state index in [1.807, 2.05) is 43.3 Å². The summed E-state index contributed by atoms with van der Waals surface area (Å²) < 4.78 is 29.1. The van der Waals surface area contributed by atoms with Crippen molar-refractivity contribution in [2.45, 2.75) is 22.7 Å². The number of rotatable bonds is 8. The molecule has 12 heteroatoms. The number of aryl methyl sites for hydroxylation is 2. The van der Waals surface area contributed by atoms with E-state index in [0.717, 1.165) is 17.3 Å². The first-order chi connectivity index (χ1) is 16.8. The van der Waals surface area contributed by atoms with E-state index in [1.54, 1.807) is 35.9 Å². The highest BCUT2D eigenvalue weighted by atomic mass is 32.2. The number of hydrogen-bond donors (Lipinski definition) is 1. The van der Waals surface area contributed by atoms with Crippen LogP contribution in [0.1, 0.15) is 17.0 Å². The molecule has 0 bridgehead atoms. The molecule has 0 aliphatic carbocycles. The Bertz CT molecular complexity index is 1500. The van der Waals surface area contributed by atoms with Gasteiger partial charge in [-0.15, -0.1) is 10.2 Å². The zero-order valence-corrected chi connectivity index (χ0v) is 20.5. The van der Waals surface area contributed by atoms with E-state index in [4.69, 9.17) is 0 Å². The van der Waals surface area contributed by atoms with Crippen molar-refractivity contribution in [2.24, 2.45) is 7.05 Å². The van der Waals surface area contributed by atoms with Crippen LogP contribution in [-0.2, 0) is 27.4 Å². The Morgan fingerprint density at radius 3 is 2.51 bits per heavy atom. The highest BCUT2D eigenvalue weighted by molar-refractivity contribution is 7.99.